The van der Waals surface area contributed by atoms with E-state index in [0.717, 1.165) is 31.7 Å². The molecule has 0 aliphatic carbocycles. The number of hydrogen-bond donors (Lipinski definition) is 2. The van der Waals surface area contributed by atoms with Gasteiger partial charge in [-0.1, -0.05) is 6.07 Å². The molecule has 1 aromatic carbocycles. The van der Waals surface area contributed by atoms with Crippen LogP contribution < -0.4 is 11.1 Å². The third kappa shape index (κ3) is 4.04. The molecule has 1 fully saturated rings. The van der Waals surface area contributed by atoms with Crippen molar-refractivity contribution >= 4 is 5.91 Å². The van der Waals surface area contributed by atoms with Crippen LogP contribution in [0.3, 0.4) is 0 Å². The fourth-order valence-electron chi connectivity index (χ4n) is 2.38. The summed E-state index contributed by atoms with van der Waals surface area (Å²) >= 11 is 0. The summed E-state index contributed by atoms with van der Waals surface area (Å²) in [6.45, 7) is 4.57. The molecule has 2 rings (SSSR count). The summed E-state index contributed by atoms with van der Waals surface area (Å²) in [6.07, 6.45) is 3.94. The molecule has 4 nitrogen and oxygen atoms in total. The maximum absolute atomic E-state index is 11.1. The molecule has 1 unspecified atom stereocenters. The minimum Gasteiger partial charge on any atom is -0.377 e. The molecule has 4 heteroatoms. The second-order valence-corrected chi connectivity index (χ2v) is 5.12. The van der Waals surface area contributed by atoms with Gasteiger partial charge in [0.2, 0.25) is 5.91 Å². The van der Waals surface area contributed by atoms with Crippen LogP contribution in [0, 0.1) is 6.92 Å². The summed E-state index contributed by atoms with van der Waals surface area (Å²) in [7, 11) is 0. The fourth-order valence-corrected chi connectivity index (χ4v) is 2.38. The number of primary amides is 1. The van der Waals surface area contributed by atoms with E-state index in [0.29, 0.717) is 11.7 Å². The molecule has 0 bridgehead atoms. The van der Waals surface area contributed by atoms with Gasteiger partial charge in [-0.15, -0.1) is 0 Å². The van der Waals surface area contributed by atoms with Crippen LogP contribution in [0.25, 0.3) is 0 Å². The number of carbonyl (C=O) groups excluding carboxylic acids is 1. The van der Waals surface area contributed by atoms with E-state index in [-0.39, 0.29) is 5.91 Å². The van der Waals surface area contributed by atoms with Crippen LogP contribution in [0.4, 0.5) is 0 Å². The van der Waals surface area contributed by atoms with Crippen molar-refractivity contribution in [1.29, 1.82) is 0 Å². The Balaban J connectivity index is 1.83. The highest BCUT2D eigenvalue weighted by atomic mass is 16.5. The quantitative estimate of drug-likeness (QED) is 0.849. The number of ether oxygens (including phenoxy) is 1. The molecule has 3 N–H and O–H groups in total. The molecule has 1 aliphatic heterocycles. The summed E-state index contributed by atoms with van der Waals surface area (Å²) in [4.78, 5) is 11.1. The Morgan fingerprint density at radius 3 is 2.95 bits per heavy atom. The van der Waals surface area contributed by atoms with Crippen LogP contribution in [0.1, 0.15) is 40.7 Å². The van der Waals surface area contributed by atoms with Gasteiger partial charge in [-0.05, 0) is 49.4 Å². The average molecular weight is 262 g/mol. The molecule has 1 aliphatic rings. The summed E-state index contributed by atoms with van der Waals surface area (Å²) in [5, 5.41) is 3.42. The van der Waals surface area contributed by atoms with Crippen molar-refractivity contribution in [3.63, 3.8) is 0 Å². The van der Waals surface area contributed by atoms with Crippen molar-refractivity contribution in [2.45, 2.75) is 38.8 Å². The predicted molar refractivity (Wildman–Crippen MR) is 75.0 cm³/mol. The lowest BCUT2D eigenvalue weighted by Gasteiger charge is -2.23. The molecular weight excluding hydrogens is 240 g/mol. The first-order valence-electron chi connectivity index (χ1n) is 6.88. The molecule has 0 radical (unpaired) electrons. The molecule has 1 atom stereocenters. The first-order valence-corrected chi connectivity index (χ1v) is 6.88. The number of nitrogens with one attached hydrogen (secondary N) is 1. The van der Waals surface area contributed by atoms with Gasteiger partial charge in [0.25, 0.3) is 0 Å². The maximum Gasteiger partial charge on any atom is 0.248 e. The number of benzene rings is 1. The number of nitrogens with two attached hydrogens (primary N) is 1. The van der Waals surface area contributed by atoms with E-state index >= 15 is 0 Å². The smallest absolute Gasteiger partial charge is 0.248 e. The number of amides is 1. The van der Waals surface area contributed by atoms with Gasteiger partial charge in [-0.25, -0.2) is 0 Å². The lowest BCUT2D eigenvalue weighted by atomic mass is 10.0. The minimum atomic E-state index is -0.377. The molecular formula is C15H22N2O2. The Morgan fingerprint density at radius 2 is 2.32 bits per heavy atom. The van der Waals surface area contributed by atoms with Crippen LogP contribution in [0.5, 0.6) is 0 Å². The molecule has 1 aromatic rings. The van der Waals surface area contributed by atoms with Crippen LogP contribution in [0.2, 0.25) is 0 Å². The zero-order valence-electron chi connectivity index (χ0n) is 11.4. The van der Waals surface area contributed by atoms with Gasteiger partial charge in [0.05, 0.1) is 6.10 Å². The summed E-state index contributed by atoms with van der Waals surface area (Å²) in [5.74, 6) is -0.377. The van der Waals surface area contributed by atoms with E-state index in [9.17, 15) is 4.79 Å². The van der Waals surface area contributed by atoms with Gasteiger partial charge in [-0.2, -0.15) is 0 Å². The van der Waals surface area contributed by atoms with Gasteiger partial charge in [0.15, 0.2) is 0 Å². The van der Waals surface area contributed by atoms with E-state index in [1.54, 1.807) is 6.07 Å². The highest BCUT2D eigenvalue weighted by molar-refractivity contribution is 5.93. The van der Waals surface area contributed by atoms with Gasteiger partial charge < -0.3 is 15.8 Å². The second-order valence-electron chi connectivity index (χ2n) is 5.12. The summed E-state index contributed by atoms with van der Waals surface area (Å²) < 4.78 is 5.67. The Kier molecular flexibility index (Phi) is 4.93. The van der Waals surface area contributed by atoms with Crippen LogP contribution in [0.15, 0.2) is 18.2 Å². The first-order chi connectivity index (χ1) is 9.16. The second kappa shape index (κ2) is 6.68. The van der Waals surface area contributed by atoms with Gasteiger partial charge >= 0.3 is 0 Å². The van der Waals surface area contributed by atoms with Crippen molar-refractivity contribution in [3.8, 4) is 0 Å². The maximum atomic E-state index is 11.1. The lowest BCUT2D eigenvalue weighted by Crippen LogP contribution is -2.31. The largest absolute Gasteiger partial charge is 0.377 e. The third-order valence-electron chi connectivity index (χ3n) is 3.59. The van der Waals surface area contributed by atoms with Crippen LogP contribution in [-0.2, 0) is 11.3 Å². The van der Waals surface area contributed by atoms with E-state index in [4.69, 9.17) is 10.5 Å². The molecule has 0 saturated carbocycles. The topological polar surface area (TPSA) is 64.4 Å². The standard InChI is InChI=1S/C15H22N2O2/c1-11-8-12(15(16)18)5-6-13(11)9-17-10-14-4-2-3-7-19-14/h5-6,8,14,17H,2-4,7,9-10H2,1H3,(H2,16,18). The van der Waals surface area contributed by atoms with Gasteiger partial charge in [0.1, 0.15) is 0 Å². The van der Waals surface area contributed by atoms with Crippen molar-refractivity contribution in [3.05, 3.63) is 34.9 Å². The first kappa shape index (κ1) is 14.0. The Morgan fingerprint density at radius 1 is 1.47 bits per heavy atom. The van der Waals surface area contributed by atoms with Gasteiger partial charge in [-0.3, -0.25) is 4.79 Å². The number of hydrogen-bond acceptors (Lipinski definition) is 3. The molecule has 1 amide bonds. The third-order valence-corrected chi connectivity index (χ3v) is 3.59. The fraction of sp³-hybridized carbons (Fsp3) is 0.533. The van der Waals surface area contributed by atoms with Crippen molar-refractivity contribution in [2.75, 3.05) is 13.2 Å². The van der Waals surface area contributed by atoms with E-state index in [1.807, 2.05) is 19.1 Å². The molecule has 0 aromatic heterocycles. The monoisotopic (exact) mass is 262 g/mol. The Labute approximate surface area is 114 Å². The van der Waals surface area contributed by atoms with Crippen molar-refractivity contribution in [2.24, 2.45) is 5.73 Å². The Hall–Kier alpha value is -1.39. The number of rotatable bonds is 5. The molecule has 0 spiro atoms. The predicted octanol–water partition coefficient (Wildman–Crippen LogP) is 1.75. The molecule has 1 saturated heterocycles. The van der Waals surface area contributed by atoms with Crippen molar-refractivity contribution < 1.29 is 9.53 Å². The number of aryl methyl sites for hydroxylation is 1. The molecule has 104 valence electrons. The average Bonchev–Trinajstić information content (AvgIpc) is 2.41. The molecule has 19 heavy (non-hydrogen) atoms. The summed E-state index contributed by atoms with van der Waals surface area (Å²) in [6, 6.07) is 5.59. The highest BCUT2D eigenvalue weighted by Crippen LogP contribution is 2.13. The zero-order valence-corrected chi connectivity index (χ0v) is 11.4. The zero-order chi connectivity index (χ0) is 13.7. The molecule has 1 heterocycles. The van der Waals surface area contributed by atoms with E-state index in [1.165, 1.54) is 18.4 Å². The number of carbonyl (C=O) groups is 1. The van der Waals surface area contributed by atoms with Crippen molar-refractivity contribution in [1.82, 2.24) is 5.32 Å². The highest BCUT2D eigenvalue weighted by Gasteiger charge is 2.13. The van der Waals surface area contributed by atoms with Crippen LogP contribution >= 0.6 is 0 Å². The van der Waals surface area contributed by atoms with Gasteiger partial charge in [0, 0.05) is 25.3 Å². The van der Waals surface area contributed by atoms with E-state index < -0.39 is 0 Å². The van der Waals surface area contributed by atoms with Crippen LogP contribution in [-0.4, -0.2) is 25.2 Å². The normalized spacial score (nSPS) is 19.3. The summed E-state index contributed by atoms with van der Waals surface area (Å²) in [5.41, 5.74) is 8.11. The van der Waals surface area contributed by atoms with E-state index in [2.05, 4.69) is 5.32 Å². The minimum absolute atomic E-state index is 0.346. The Bertz CT molecular complexity index is 440. The lowest BCUT2D eigenvalue weighted by molar-refractivity contribution is 0.0168. The SMILES string of the molecule is Cc1cc(C(N)=O)ccc1CNCC1CCCCO1.